The molecule has 1 rings (SSSR count). The van der Waals surface area contributed by atoms with Crippen molar-refractivity contribution >= 4 is 17.7 Å². The van der Waals surface area contributed by atoms with Crippen molar-refractivity contribution < 1.29 is 19.5 Å². The second-order valence-electron chi connectivity index (χ2n) is 5.62. The number of carbonyl (C=O) groups excluding carboxylic acids is 2. The van der Waals surface area contributed by atoms with Gasteiger partial charge in [0.15, 0.2) is 5.78 Å². The molecule has 0 aliphatic carbocycles. The Morgan fingerprint density at radius 2 is 1.86 bits per heavy atom. The summed E-state index contributed by atoms with van der Waals surface area (Å²) in [6, 6.07) is -0.124. The Balaban J connectivity index is 3.22. The number of aromatic amines is 1. The largest absolute Gasteiger partial charge is 0.481 e. The van der Waals surface area contributed by atoms with Crippen LogP contribution >= 0.6 is 0 Å². The van der Waals surface area contributed by atoms with E-state index < -0.39 is 5.97 Å². The number of rotatable bonds is 7. The number of carboxylic acid groups (broad SMARTS) is 1. The zero-order chi connectivity index (χ0) is 17.0. The Hall–Kier alpha value is -2.11. The first-order chi connectivity index (χ1) is 10.2. The van der Waals surface area contributed by atoms with Crippen LogP contribution < -0.4 is 0 Å². The van der Waals surface area contributed by atoms with Gasteiger partial charge in [-0.3, -0.25) is 14.4 Å². The number of hydrogen-bond donors (Lipinski definition) is 2. The molecule has 0 aliphatic heterocycles. The average Bonchev–Trinajstić information content (AvgIpc) is 2.74. The molecule has 0 unspecified atom stereocenters. The van der Waals surface area contributed by atoms with E-state index in [4.69, 9.17) is 5.11 Å². The fourth-order valence-electron chi connectivity index (χ4n) is 2.64. The van der Waals surface area contributed by atoms with Crippen LogP contribution in [0.5, 0.6) is 0 Å². The predicted octanol–water partition coefficient (Wildman–Crippen LogP) is 2.41. The maximum Gasteiger partial charge on any atom is 0.305 e. The van der Waals surface area contributed by atoms with E-state index in [-0.39, 0.29) is 30.7 Å². The molecular formula is C16H24N2O4. The SMILES string of the molecule is CCc1c(C(=O)N(CCC(=O)O)C(C)C)[nH]c(C)c1C(C)=O. The number of amides is 1. The molecule has 122 valence electrons. The van der Waals surface area contributed by atoms with Crippen molar-refractivity contribution in [3.63, 3.8) is 0 Å². The molecule has 0 atom stereocenters. The Kier molecular flexibility index (Phi) is 5.91. The quantitative estimate of drug-likeness (QED) is 0.757. The van der Waals surface area contributed by atoms with E-state index in [0.717, 1.165) is 0 Å². The lowest BCUT2D eigenvalue weighted by molar-refractivity contribution is -0.137. The van der Waals surface area contributed by atoms with Gasteiger partial charge in [0.2, 0.25) is 0 Å². The van der Waals surface area contributed by atoms with E-state index in [1.807, 2.05) is 20.8 Å². The van der Waals surface area contributed by atoms with Gasteiger partial charge in [0.05, 0.1) is 6.42 Å². The monoisotopic (exact) mass is 308 g/mol. The molecule has 6 heteroatoms. The van der Waals surface area contributed by atoms with Gasteiger partial charge in [-0.15, -0.1) is 0 Å². The number of aryl methyl sites for hydroxylation is 1. The summed E-state index contributed by atoms with van der Waals surface area (Å²) in [5.41, 5.74) is 2.34. The van der Waals surface area contributed by atoms with E-state index in [2.05, 4.69) is 4.98 Å². The third-order valence-corrected chi connectivity index (χ3v) is 3.66. The standard InChI is InChI=1S/C16H24N2O4/c1-6-12-14(11(5)19)10(4)17-15(12)16(22)18(9(2)3)8-7-13(20)21/h9,17H,6-8H2,1-5H3,(H,20,21). The molecule has 1 heterocycles. The maximum atomic E-state index is 12.8. The van der Waals surface area contributed by atoms with Crippen LogP contribution in [-0.2, 0) is 11.2 Å². The summed E-state index contributed by atoms with van der Waals surface area (Å²) < 4.78 is 0. The van der Waals surface area contributed by atoms with Gasteiger partial charge in [0.1, 0.15) is 5.69 Å². The van der Waals surface area contributed by atoms with Crippen molar-refractivity contribution in [2.24, 2.45) is 0 Å². The first-order valence-electron chi connectivity index (χ1n) is 7.45. The number of aromatic nitrogens is 1. The van der Waals surface area contributed by atoms with Gasteiger partial charge < -0.3 is 15.0 Å². The zero-order valence-electron chi connectivity index (χ0n) is 13.8. The Bertz CT molecular complexity index is 587. The van der Waals surface area contributed by atoms with Crippen LogP contribution in [0.25, 0.3) is 0 Å². The summed E-state index contributed by atoms with van der Waals surface area (Å²) in [6.45, 7) is 8.96. The van der Waals surface area contributed by atoms with Crippen LogP contribution in [0, 0.1) is 6.92 Å². The topological polar surface area (TPSA) is 90.5 Å². The van der Waals surface area contributed by atoms with Crippen molar-refractivity contribution in [3.05, 3.63) is 22.5 Å². The van der Waals surface area contributed by atoms with Crippen LogP contribution in [0.1, 0.15) is 66.2 Å². The number of H-pyrrole nitrogens is 1. The molecule has 22 heavy (non-hydrogen) atoms. The van der Waals surface area contributed by atoms with Gasteiger partial charge in [-0.2, -0.15) is 0 Å². The number of nitrogens with zero attached hydrogens (tertiary/aromatic N) is 1. The zero-order valence-corrected chi connectivity index (χ0v) is 13.8. The van der Waals surface area contributed by atoms with E-state index in [1.54, 1.807) is 6.92 Å². The highest BCUT2D eigenvalue weighted by Crippen LogP contribution is 2.22. The summed E-state index contributed by atoms with van der Waals surface area (Å²) in [5.74, 6) is -1.28. The fourth-order valence-corrected chi connectivity index (χ4v) is 2.64. The van der Waals surface area contributed by atoms with Crippen LogP contribution in [0.4, 0.5) is 0 Å². The van der Waals surface area contributed by atoms with Crippen LogP contribution in [0.3, 0.4) is 0 Å². The molecular weight excluding hydrogens is 284 g/mol. The van der Waals surface area contributed by atoms with Crippen LogP contribution in [-0.4, -0.2) is 45.2 Å². The summed E-state index contributed by atoms with van der Waals surface area (Å²) in [5, 5.41) is 8.83. The van der Waals surface area contributed by atoms with Crippen LogP contribution in [0.15, 0.2) is 0 Å². The van der Waals surface area contributed by atoms with E-state index in [9.17, 15) is 14.4 Å². The lowest BCUT2D eigenvalue weighted by atomic mass is 10.0. The molecule has 1 aromatic rings. The van der Waals surface area contributed by atoms with Gasteiger partial charge in [-0.05, 0) is 39.7 Å². The second-order valence-corrected chi connectivity index (χ2v) is 5.62. The molecule has 0 radical (unpaired) electrons. The highest BCUT2D eigenvalue weighted by Gasteiger charge is 2.26. The first kappa shape index (κ1) is 17.9. The lowest BCUT2D eigenvalue weighted by Gasteiger charge is -2.26. The molecule has 0 aliphatic rings. The Morgan fingerprint density at radius 1 is 1.27 bits per heavy atom. The van der Waals surface area contributed by atoms with Gasteiger partial charge in [0, 0.05) is 23.8 Å². The van der Waals surface area contributed by atoms with Crippen molar-refractivity contribution in [2.75, 3.05) is 6.54 Å². The van der Waals surface area contributed by atoms with E-state index in [1.165, 1.54) is 11.8 Å². The average molecular weight is 308 g/mol. The highest BCUT2D eigenvalue weighted by atomic mass is 16.4. The number of carbonyl (C=O) groups is 3. The first-order valence-corrected chi connectivity index (χ1v) is 7.45. The summed E-state index contributed by atoms with van der Waals surface area (Å²) in [4.78, 5) is 39.8. The number of ketones is 1. The van der Waals surface area contributed by atoms with Gasteiger partial charge in [0.25, 0.3) is 5.91 Å². The Labute approximate surface area is 130 Å². The molecule has 1 amide bonds. The highest BCUT2D eigenvalue weighted by molar-refractivity contribution is 6.02. The van der Waals surface area contributed by atoms with Gasteiger partial charge >= 0.3 is 5.97 Å². The number of Topliss-reactive ketones (excluding diaryl/α,β-unsaturated/α-hetero) is 1. The third kappa shape index (κ3) is 3.75. The number of carboxylic acids is 1. The minimum atomic E-state index is -0.943. The molecule has 2 N–H and O–H groups in total. The van der Waals surface area contributed by atoms with Crippen molar-refractivity contribution in [1.29, 1.82) is 0 Å². The molecule has 6 nitrogen and oxygen atoms in total. The van der Waals surface area contributed by atoms with Gasteiger partial charge in [-0.25, -0.2) is 0 Å². The Morgan fingerprint density at radius 3 is 2.27 bits per heavy atom. The molecule has 1 aromatic heterocycles. The predicted molar refractivity (Wildman–Crippen MR) is 83.3 cm³/mol. The normalized spacial score (nSPS) is 10.8. The van der Waals surface area contributed by atoms with Crippen molar-refractivity contribution in [1.82, 2.24) is 9.88 Å². The molecule has 0 saturated carbocycles. The number of nitrogens with one attached hydrogen (secondary N) is 1. The number of hydrogen-bond acceptors (Lipinski definition) is 3. The summed E-state index contributed by atoms with van der Waals surface area (Å²) in [7, 11) is 0. The van der Waals surface area contributed by atoms with E-state index in [0.29, 0.717) is 28.9 Å². The summed E-state index contributed by atoms with van der Waals surface area (Å²) >= 11 is 0. The minimum absolute atomic E-state index is 0.0775. The third-order valence-electron chi connectivity index (χ3n) is 3.66. The van der Waals surface area contributed by atoms with E-state index >= 15 is 0 Å². The molecule has 0 saturated heterocycles. The molecule has 0 fully saturated rings. The maximum absolute atomic E-state index is 12.8. The van der Waals surface area contributed by atoms with Gasteiger partial charge in [-0.1, -0.05) is 6.92 Å². The molecule has 0 aromatic carbocycles. The molecule has 0 spiro atoms. The minimum Gasteiger partial charge on any atom is -0.481 e. The summed E-state index contributed by atoms with van der Waals surface area (Å²) in [6.07, 6.45) is 0.454. The van der Waals surface area contributed by atoms with Crippen molar-refractivity contribution in [2.45, 2.75) is 53.5 Å². The second kappa shape index (κ2) is 7.24. The number of aliphatic carboxylic acids is 1. The van der Waals surface area contributed by atoms with Crippen LogP contribution in [0.2, 0.25) is 0 Å². The molecule has 0 bridgehead atoms. The van der Waals surface area contributed by atoms with Crippen molar-refractivity contribution in [3.8, 4) is 0 Å². The fraction of sp³-hybridized carbons (Fsp3) is 0.562. The lowest BCUT2D eigenvalue weighted by Crippen LogP contribution is -2.39. The smallest absolute Gasteiger partial charge is 0.305 e.